The molecule has 0 aliphatic carbocycles. The summed E-state index contributed by atoms with van der Waals surface area (Å²) in [7, 11) is 1.69. The number of ether oxygens (including phenoxy) is 2. The highest BCUT2D eigenvalue weighted by molar-refractivity contribution is 5.75. The number of nitrogens with two attached hydrogens (primary N) is 1. The third-order valence-electron chi connectivity index (χ3n) is 7.28. The van der Waals surface area contributed by atoms with Crippen molar-refractivity contribution in [1.82, 2.24) is 9.80 Å². The van der Waals surface area contributed by atoms with Crippen molar-refractivity contribution in [1.29, 1.82) is 0 Å². The van der Waals surface area contributed by atoms with Crippen molar-refractivity contribution in [2.45, 2.75) is 50.4 Å². The largest absolute Gasteiger partial charge is 0.390 e. The van der Waals surface area contributed by atoms with Crippen LogP contribution in [0.4, 0.5) is 9.18 Å². The fraction of sp³-hybridized carbons (Fsp3) is 0.536. The predicted octanol–water partition coefficient (Wildman–Crippen LogP) is 3.53. The lowest BCUT2D eigenvalue weighted by atomic mass is 9.82. The number of aryl methyl sites for hydroxylation is 1. The Labute approximate surface area is 213 Å². The van der Waals surface area contributed by atoms with Crippen LogP contribution in [0.1, 0.15) is 36.3 Å². The van der Waals surface area contributed by atoms with Crippen molar-refractivity contribution in [3.05, 3.63) is 59.4 Å². The number of urea groups is 1. The van der Waals surface area contributed by atoms with E-state index in [-0.39, 0.29) is 30.4 Å². The van der Waals surface area contributed by atoms with E-state index in [1.807, 2.05) is 37.3 Å². The highest BCUT2D eigenvalue weighted by Gasteiger charge is 2.38. The number of halogens is 1. The summed E-state index contributed by atoms with van der Waals surface area (Å²) in [5.41, 5.74) is 9.33. The van der Waals surface area contributed by atoms with Crippen LogP contribution in [0.2, 0.25) is 0 Å². The number of unbranched alkanes of at least 4 members (excludes halogenated alkanes) is 1. The highest BCUT2D eigenvalue weighted by atomic mass is 19.1. The zero-order valence-electron chi connectivity index (χ0n) is 21.2. The standard InChI is InChI=1S/C28H38FN3O4/c1-19-7-5-8-20(15-19)27-22(10-6-11-23(27)29)21(9-3-4-13-35-2)26-18-31(12-14-36-26)28(34)32-16-24(30)25(33)17-32/h5-8,10-11,15,21,24-26,33H,3-4,9,12-14,16-18,30H2,1-2H3. The lowest BCUT2D eigenvalue weighted by molar-refractivity contribution is -0.0338. The third kappa shape index (κ3) is 6.06. The molecule has 0 aromatic heterocycles. The van der Waals surface area contributed by atoms with Gasteiger partial charge < -0.3 is 30.1 Å². The normalized spacial score (nSPS) is 23.2. The van der Waals surface area contributed by atoms with E-state index >= 15 is 4.39 Å². The highest BCUT2D eigenvalue weighted by Crippen LogP contribution is 2.38. The number of rotatable bonds is 8. The number of methoxy groups -OCH3 is 1. The molecule has 2 aliphatic heterocycles. The fourth-order valence-corrected chi connectivity index (χ4v) is 5.37. The number of hydrogen-bond acceptors (Lipinski definition) is 5. The summed E-state index contributed by atoms with van der Waals surface area (Å²) >= 11 is 0. The molecule has 7 nitrogen and oxygen atoms in total. The molecule has 0 radical (unpaired) electrons. The summed E-state index contributed by atoms with van der Waals surface area (Å²) in [6.45, 7) is 4.52. The second-order valence-corrected chi connectivity index (χ2v) is 9.94. The van der Waals surface area contributed by atoms with Gasteiger partial charge >= 0.3 is 6.03 Å². The average molecular weight is 500 g/mol. The van der Waals surface area contributed by atoms with Crippen LogP contribution in [0, 0.1) is 12.7 Å². The van der Waals surface area contributed by atoms with E-state index in [0.29, 0.717) is 38.4 Å². The van der Waals surface area contributed by atoms with Gasteiger partial charge in [-0.1, -0.05) is 48.4 Å². The first-order chi connectivity index (χ1) is 17.4. The van der Waals surface area contributed by atoms with Crippen LogP contribution in [-0.2, 0) is 9.47 Å². The molecule has 3 N–H and O–H groups in total. The first-order valence-electron chi connectivity index (χ1n) is 12.8. The van der Waals surface area contributed by atoms with Crippen LogP contribution in [0.5, 0.6) is 0 Å². The molecule has 2 fully saturated rings. The van der Waals surface area contributed by atoms with Crippen LogP contribution >= 0.6 is 0 Å². The Morgan fingerprint density at radius 2 is 2.00 bits per heavy atom. The van der Waals surface area contributed by atoms with Crippen molar-refractivity contribution in [3.63, 3.8) is 0 Å². The molecule has 2 aromatic carbocycles. The number of carbonyl (C=O) groups excluding carboxylic acids is 1. The van der Waals surface area contributed by atoms with Gasteiger partial charge in [-0.2, -0.15) is 0 Å². The summed E-state index contributed by atoms with van der Waals surface area (Å²) in [6, 6.07) is 12.6. The molecule has 2 amide bonds. The van der Waals surface area contributed by atoms with Crippen LogP contribution in [0.3, 0.4) is 0 Å². The van der Waals surface area contributed by atoms with E-state index < -0.39 is 12.1 Å². The number of nitrogens with zero attached hydrogens (tertiary/aromatic N) is 2. The van der Waals surface area contributed by atoms with Gasteiger partial charge in [0.2, 0.25) is 0 Å². The zero-order valence-corrected chi connectivity index (χ0v) is 21.2. The van der Waals surface area contributed by atoms with E-state index in [0.717, 1.165) is 36.0 Å². The van der Waals surface area contributed by atoms with Gasteiger partial charge in [0.15, 0.2) is 0 Å². The van der Waals surface area contributed by atoms with E-state index in [1.165, 1.54) is 6.07 Å². The quantitative estimate of drug-likeness (QED) is 0.543. The van der Waals surface area contributed by atoms with Gasteiger partial charge in [0.1, 0.15) is 5.82 Å². The number of morpholine rings is 1. The SMILES string of the molecule is COCCCCC(c1cccc(F)c1-c1cccc(C)c1)C1CN(C(=O)N2CC(N)C(O)C2)CCO1. The van der Waals surface area contributed by atoms with Crippen LogP contribution in [0.15, 0.2) is 42.5 Å². The molecule has 4 unspecified atom stereocenters. The summed E-state index contributed by atoms with van der Waals surface area (Å²) in [5, 5.41) is 10.0. The van der Waals surface area contributed by atoms with Gasteiger partial charge in [0, 0.05) is 57.4 Å². The number of likely N-dealkylation sites (tertiary alicyclic amines) is 1. The third-order valence-corrected chi connectivity index (χ3v) is 7.28. The number of hydrogen-bond donors (Lipinski definition) is 2. The number of aliphatic hydroxyl groups is 1. The molecular formula is C28H38FN3O4. The molecule has 4 atom stereocenters. The van der Waals surface area contributed by atoms with Crippen molar-refractivity contribution >= 4 is 6.03 Å². The monoisotopic (exact) mass is 499 g/mol. The van der Waals surface area contributed by atoms with Gasteiger partial charge in [-0.3, -0.25) is 0 Å². The van der Waals surface area contributed by atoms with E-state index in [2.05, 4.69) is 0 Å². The molecule has 2 heterocycles. The Bertz CT molecular complexity index is 1030. The number of benzene rings is 2. The van der Waals surface area contributed by atoms with Gasteiger partial charge in [0.05, 0.1) is 18.8 Å². The van der Waals surface area contributed by atoms with E-state index in [1.54, 1.807) is 23.0 Å². The second-order valence-electron chi connectivity index (χ2n) is 9.94. The maximum Gasteiger partial charge on any atom is 0.320 e. The number of β-amino-alcohol motifs (C(OH)–C–C–N with tert-alkyl or cyclic N) is 1. The summed E-state index contributed by atoms with van der Waals surface area (Å²) in [4.78, 5) is 16.6. The maximum absolute atomic E-state index is 15.4. The second kappa shape index (κ2) is 12.1. The Hall–Kier alpha value is -2.52. The van der Waals surface area contributed by atoms with Crippen LogP contribution in [0.25, 0.3) is 11.1 Å². The summed E-state index contributed by atoms with van der Waals surface area (Å²) < 4.78 is 26.8. The minimum atomic E-state index is -0.705. The maximum atomic E-state index is 15.4. The molecule has 8 heteroatoms. The molecule has 0 saturated carbocycles. The minimum absolute atomic E-state index is 0.102. The molecule has 4 rings (SSSR count). The van der Waals surface area contributed by atoms with E-state index in [4.69, 9.17) is 15.2 Å². The Morgan fingerprint density at radius 1 is 1.19 bits per heavy atom. The topological polar surface area (TPSA) is 88.3 Å². The first-order valence-corrected chi connectivity index (χ1v) is 12.8. The lowest BCUT2D eigenvalue weighted by Crippen LogP contribution is -2.52. The number of carbonyl (C=O) groups is 1. The molecule has 196 valence electrons. The van der Waals surface area contributed by atoms with Crippen molar-refractivity contribution in [2.75, 3.05) is 46.5 Å². The summed E-state index contributed by atoms with van der Waals surface area (Å²) in [6.07, 6.45) is 1.58. The molecule has 2 aliphatic rings. The first kappa shape index (κ1) is 26.5. The minimum Gasteiger partial charge on any atom is -0.390 e. The van der Waals surface area contributed by atoms with Crippen molar-refractivity contribution in [2.24, 2.45) is 5.73 Å². The Kier molecular flexibility index (Phi) is 8.95. The van der Waals surface area contributed by atoms with Crippen LogP contribution in [-0.4, -0.2) is 85.7 Å². The number of amides is 2. The van der Waals surface area contributed by atoms with Gasteiger partial charge in [0.25, 0.3) is 0 Å². The average Bonchev–Trinajstić information content (AvgIpc) is 3.21. The van der Waals surface area contributed by atoms with Gasteiger partial charge in [-0.25, -0.2) is 9.18 Å². The zero-order chi connectivity index (χ0) is 25.7. The summed E-state index contributed by atoms with van der Waals surface area (Å²) in [5.74, 6) is -0.362. The van der Waals surface area contributed by atoms with Crippen molar-refractivity contribution < 1.29 is 23.8 Å². The lowest BCUT2D eigenvalue weighted by Gasteiger charge is -2.39. The van der Waals surface area contributed by atoms with Gasteiger partial charge in [-0.05, 0) is 37.0 Å². The molecule has 2 saturated heterocycles. The molecule has 0 spiro atoms. The number of aliphatic hydroxyl groups excluding tert-OH is 1. The molecule has 36 heavy (non-hydrogen) atoms. The van der Waals surface area contributed by atoms with Crippen molar-refractivity contribution in [3.8, 4) is 11.1 Å². The van der Waals surface area contributed by atoms with Crippen LogP contribution < -0.4 is 5.73 Å². The molecule has 2 aromatic rings. The van der Waals surface area contributed by atoms with Gasteiger partial charge in [-0.15, -0.1) is 0 Å². The fourth-order valence-electron chi connectivity index (χ4n) is 5.37. The smallest absolute Gasteiger partial charge is 0.320 e. The molecule has 0 bridgehead atoms. The predicted molar refractivity (Wildman–Crippen MR) is 137 cm³/mol. The molecular weight excluding hydrogens is 461 g/mol. The Balaban J connectivity index is 1.62. The Morgan fingerprint density at radius 3 is 2.72 bits per heavy atom. The van der Waals surface area contributed by atoms with E-state index in [9.17, 15) is 9.90 Å².